The number of fused-ring (bicyclic) bond motifs is 1. The topological polar surface area (TPSA) is 68.3 Å². The van der Waals surface area contributed by atoms with E-state index < -0.39 is 4.92 Å². The van der Waals surface area contributed by atoms with E-state index in [0.717, 1.165) is 36.6 Å². The maximum atomic E-state index is 10.6. The van der Waals surface area contributed by atoms with Crippen molar-refractivity contribution >= 4 is 5.69 Å². The highest BCUT2D eigenvalue weighted by molar-refractivity contribution is 5.61. The van der Waals surface area contributed by atoms with E-state index in [2.05, 4.69) is 5.32 Å². The molecule has 0 aliphatic carbocycles. The molecule has 0 saturated heterocycles. The number of furan rings is 1. The monoisotopic (exact) mass is 244 g/mol. The second kappa shape index (κ2) is 4.27. The molecule has 92 valence electrons. The van der Waals surface area contributed by atoms with Crippen molar-refractivity contribution in [3.63, 3.8) is 0 Å². The van der Waals surface area contributed by atoms with Gasteiger partial charge in [0, 0.05) is 42.8 Å². The van der Waals surface area contributed by atoms with Crippen LogP contribution in [0.5, 0.6) is 0 Å². The van der Waals surface area contributed by atoms with Crippen LogP contribution in [-0.2, 0) is 13.0 Å². The first-order valence-electron chi connectivity index (χ1n) is 5.81. The van der Waals surface area contributed by atoms with Crippen LogP contribution in [0.25, 0.3) is 11.3 Å². The normalized spacial score (nSPS) is 14.2. The zero-order valence-corrected chi connectivity index (χ0v) is 9.68. The molecule has 2 heterocycles. The molecular weight excluding hydrogens is 232 g/mol. The summed E-state index contributed by atoms with van der Waals surface area (Å²) in [6, 6.07) is 8.43. The first kappa shape index (κ1) is 11.0. The Morgan fingerprint density at radius 3 is 2.72 bits per heavy atom. The molecule has 1 aliphatic rings. The van der Waals surface area contributed by atoms with Crippen molar-refractivity contribution in [3.8, 4) is 11.3 Å². The van der Waals surface area contributed by atoms with Gasteiger partial charge >= 0.3 is 0 Å². The molecule has 0 radical (unpaired) electrons. The molecule has 0 amide bonds. The number of nitro benzene ring substituents is 1. The van der Waals surface area contributed by atoms with Gasteiger partial charge in [0.05, 0.1) is 4.92 Å². The van der Waals surface area contributed by atoms with Crippen LogP contribution in [0.3, 0.4) is 0 Å². The lowest BCUT2D eigenvalue weighted by atomic mass is 10.1. The van der Waals surface area contributed by atoms with E-state index in [4.69, 9.17) is 4.42 Å². The maximum Gasteiger partial charge on any atom is 0.269 e. The second-order valence-electron chi connectivity index (χ2n) is 4.29. The molecule has 18 heavy (non-hydrogen) atoms. The van der Waals surface area contributed by atoms with Gasteiger partial charge in [-0.2, -0.15) is 0 Å². The van der Waals surface area contributed by atoms with Crippen molar-refractivity contribution < 1.29 is 9.34 Å². The van der Waals surface area contributed by atoms with Crippen molar-refractivity contribution in [3.05, 3.63) is 51.8 Å². The van der Waals surface area contributed by atoms with E-state index >= 15 is 0 Å². The summed E-state index contributed by atoms with van der Waals surface area (Å²) in [6.07, 6.45) is 0.891. The predicted octanol–water partition coefficient (Wildman–Crippen LogP) is 2.50. The lowest BCUT2D eigenvalue weighted by Crippen LogP contribution is -2.22. The van der Waals surface area contributed by atoms with Gasteiger partial charge in [-0.05, 0) is 18.2 Å². The summed E-state index contributed by atoms with van der Waals surface area (Å²) >= 11 is 0. The first-order valence-corrected chi connectivity index (χ1v) is 5.81. The van der Waals surface area contributed by atoms with E-state index in [1.807, 2.05) is 6.07 Å². The lowest BCUT2D eigenvalue weighted by molar-refractivity contribution is -0.384. The van der Waals surface area contributed by atoms with Crippen LogP contribution < -0.4 is 5.32 Å². The molecule has 1 aromatic heterocycles. The Kier molecular flexibility index (Phi) is 2.60. The fraction of sp³-hybridized carbons (Fsp3) is 0.231. The summed E-state index contributed by atoms with van der Waals surface area (Å²) in [6.45, 7) is 1.76. The number of rotatable bonds is 2. The van der Waals surface area contributed by atoms with Crippen LogP contribution in [0.15, 0.2) is 34.7 Å². The van der Waals surface area contributed by atoms with E-state index in [1.54, 1.807) is 12.1 Å². The van der Waals surface area contributed by atoms with E-state index in [0.29, 0.717) is 0 Å². The number of non-ortho nitro benzene ring substituents is 1. The predicted molar refractivity (Wildman–Crippen MR) is 66.2 cm³/mol. The molecule has 0 saturated carbocycles. The average molecular weight is 244 g/mol. The minimum absolute atomic E-state index is 0.0942. The van der Waals surface area contributed by atoms with Gasteiger partial charge in [0.25, 0.3) is 5.69 Å². The number of nitrogens with zero attached hydrogens (tertiary/aromatic N) is 1. The summed E-state index contributed by atoms with van der Waals surface area (Å²) in [7, 11) is 0. The van der Waals surface area contributed by atoms with Gasteiger partial charge in [-0.25, -0.2) is 0 Å². The van der Waals surface area contributed by atoms with Crippen LogP contribution in [0.4, 0.5) is 5.69 Å². The zero-order chi connectivity index (χ0) is 12.5. The molecule has 1 aliphatic heterocycles. The van der Waals surface area contributed by atoms with Crippen LogP contribution in [0.1, 0.15) is 11.3 Å². The third-order valence-corrected chi connectivity index (χ3v) is 3.10. The maximum absolute atomic E-state index is 10.6. The molecule has 5 nitrogen and oxygen atoms in total. The van der Waals surface area contributed by atoms with Crippen molar-refractivity contribution in [2.24, 2.45) is 0 Å². The lowest BCUT2D eigenvalue weighted by Gasteiger charge is -2.09. The molecule has 0 fully saturated rings. The average Bonchev–Trinajstić information content (AvgIpc) is 2.82. The summed E-state index contributed by atoms with van der Waals surface area (Å²) in [5.74, 6) is 1.79. The highest BCUT2D eigenvalue weighted by atomic mass is 16.6. The largest absolute Gasteiger partial charge is 0.461 e. The van der Waals surface area contributed by atoms with Gasteiger partial charge < -0.3 is 9.73 Å². The molecular formula is C13H12N2O3. The van der Waals surface area contributed by atoms with Gasteiger partial charge in [0.15, 0.2) is 0 Å². The summed E-state index contributed by atoms with van der Waals surface area (Å²) in [4.78, 5) is 10.2. The smallest absolute Gasteiger partial charge is 0.269 e. The fourth-order valence-corrected chi connectivity index (χ4v) is 2.14. The quantitative estimate of drug-likeness (QED) is 0.651. The molecule has 0 atom stereocenters. The molecule has 5 heteroatoms. The Morgan fingerprint density at radius 1 is 1.28 bits per heavy atom. The number of hydrogen-bond acceptors (Lipinski definition) is 4. The number of nitro groups is 1. The van der Waals surface area contributed by atoms with Crippen LogP contribution >= 0.6 is 0 Å². The number of nitrogens with one attached hydrogen (secondary N) is 1. The van der Waals surface area contributed by atoms with E-state index in [-0.39, 0.29) is 5.69 Å². The van der Waals surface area contributed by atoms with Crippen molar-refractivity contribution in [2.45, 2.75) is 13.0 Å². The van der Waals surface area contributed by atoms with Crippen molar-refractivity contribution in [1.82, 2.24) is 5.32 Å². The van der Waals surface area contributed by atoms with E-state index in [9.17, 15) is 10.1 Å². The highest BCUT2D eigenvalue weighted by Crippen LogP contribution is 2.28. The number of benzene rings is 1. The van der Waals surface area contributed by atoms with Crippen molar-refractivity contribution in [1.29, 1.82) is 0 Å². The second-order valence-corrected chi connectivity index (χ2v) is 4.29. The van der Waals surface area contributed by atoms with Gasteiger partial charge in [0.2, 0.25) is 0 Å². The first-order chi connectivity index (χ1) is 8.74. The number of hydrogen-bond donors (Lipinski definition) is 1. The van der Waals surface area contributed by atoms with Crippen LogP contribution in [-0.4, -0.2) is 11.5 Å². The standard InChI is InChI=1S/C13H12N2O3/c16-15(17)11-3-1-9(2-4-11)13-7-10-8-14-6-5-12(10)18-13/h1-4,7,14H,5-6,8H2. The zero-order valence-electron chi connectivity index (χ0n) is 9.68. The van der Waals surface area contributed by atoms with Gasteiger partial charge in [-0.1, -0.05) is 0 Å². The molecule has 1 N–H and O–H groups in total. The minimum atomic E-state index is -0.402. The molecule has 0 unspecified atom stereocenters. The Morgan fingerprint density at radius 2 is 2.06 bits per heavy atom. The van der Waals surface area contributed by atoms with Gasteiger partial charge in [-0.15, -0.1) is 0 Å². The summed E-state index contributed by atoms with van der Waals surface area (Å²) < 4.78 is 5.78. The van der Waals surface area contributed by atoms with E-state index in [1.165, 1.54) is 17.7 Å². The third-order valence-electron chi connectivity index (χ3n) is 3.10. The van der Waals surface area contributed by atoms with Gasteiger partial charge in [-0.3, -0.25) is 10.1 Å². The molecule has 1 aromatic carbocycles. The minimum Gasteiger partial charge on any atom is -0.461 e. The summed E-state index contributed by atoms with van der Waals surface area (Å²) in [5.41, 5.74) is 2.14. The SMILES string of the molecule is O=[N+]([O-])c1ccc(-c2cc3c(o2)CCNC3)cc1. The van der Waals surface area contributed by atoms with Crippen molar-refractivity contribution in [2.75, 3.05) is 6.54 Å². The van der Waals surface area contributed by atoms with Crippen LogP contribution in [0.2, 0.25) is 0 Å². The Hall–Kier alpha value is -2.14. The van der Waals surface area contributed by atoms with Crippen LogP contribution in [0, 0.1) is 10.1 Å². The van der Waals surface area contributed by atoms with Gasteiger partial charge in [0.1, 0.15) is 11.5 Å². The highest BCUT2D eigenvalue weighted by Gasteiger charge is 2.16. The third kappa shape index (κ3) is 1.89. The Bertz CT molecular complexity index is 563. The molecule has 3 rings (SSSR count). The molecule has 2 aromatic rings. The molecule has 0 bridgehead atoms. The Labute approximate surface area is 104 Å². The Balaban J connectivity index is 1.94. The molecule has 0 spiro atoms. The summed E-state index contributed by atoms with van der Waals surface area (Å²) in [5, 5.41) is 13.9. The fourth-order valence-electron chi connectivity index (χ4n) is 2.14.